The fraction of sp³-hybridized carbons (Fsp3) is 0.455. The molecule has 1 N–H and O–H groups in total. The maximum atomic E-state index is 11.4. The quantitative estimate of drug-likeness (QED) is 0.721. The molecule has 0 aliphatic carbocycles. The zero-order chi connectivity index (χ0) is 12.5. The van der Waals surface area contributed by atoms with Crippen molar-refractivity contribution in [3.63, 3.8) is 0 Å². The molecule has 0 aromatic rings. The maximum Gasteiger partial charge on any atom is 0.410 e. The standard InChI is InChI=1S/C11H13NO5/c1-2-3-16-10(15)12-6-11(7-12)4-8(5-17-11)9(13)14/h2,4H,1,3,5-7H2,(H,13,14). The number of ether oxygens (including phenoxy) is 2. The number of carboxylic acid groups (broad SMARTS) is 1. The van der Waals surface area contributed by atoms with E-state index < -0.39 is 17.7 Å². The SMILES string of the molecule is C=CCOC(=O)N1CC2(C=C(C(=O)O)CO2)C1. The number of nitrogens with zero attached hydrogens (tertiary/aromatic N) is 1. The van der Waals surface area contributed by atoms with Crippen LogP contribution in [0.25, 0.3) is 0 Å². The van der Waals surface area contributed by atoms with Crippen LogP contribution in [0.2, 0.25) is 0 Å². The van der Waals surface area contributed by atoms with Gasteiger partial charge in [0, 0.05) is 0 Å². The molecule has 0 unspecified atom stereocenters. The summed E-state index contributed by atoms with van der Waals surface area (Å²) in [6, 6.07) is 0. The third-order valence-electron chi connectivity index (χ3n) is 2.73. The van der Waals surface area contributed by atoms with Crippen LogP contribution in [0.4, 0.5) is 4.79 Å². The Hall–Kier alpha value is -1.82. The molecule has 1 spiro atoms. The molecular formula is C11H13NO5. The minimum atomic E-state index is -0.977. The Morgan fingerprint density at radius 2 is 2.35 bits per heavy atom. The van der Waals surface area contributed by atoms with Crippen molar-refractivity contribution < 1.29 is 24.2 Å². The number of hydrogen-bond donors (Lipinski definition) is 1. The van der Waals surface area contributed by atoms with E-state index in [1.165, 1.54) is 11.0 Å². The van der Waals surface area contributed by atoms with Gasteiger partial charge in [0.15, 0.2) is 0 Å². The van der Waals surface area contributed by atoms with E-state index >= 15 is 0 Å². The molecule has 2 aliphatic heterocycles. The van der Waals surface area contributed by atoms with Crippen LogP contribution in [-0.2, 0) is 14.3 Å². The Labute approximate surface area is 98.1 Å². The van der Waals surface area contributed by atoms with E-state index in [0.29, 0.717) is 13.1 Å². The van der Waals surface area contributed by atoms with Crippen LogP contribution in [0.5, 0.6) is 0 Å². The van der Waals surface area contributed by atoms with E-state index in [0.717, 1.165) is 0 Å². The monoisotopic (exact) mass is 239 g/mol. The van der Waals surface area contributed by atoms with Gasteiger partial charge in [-0.2, -0.15) is 0 Å². The molecule has 6 heteroatoms. The summed E-state index contributed by atoms with van der Waals surface area (Å²) in [7, 11) is 0. The van der Waals surface area contributed by atoms with Crippen LogP contribution >= 0.6 is 0 Å². The molecule has 0 aromatic carbocycles. The Balaban J connectivity index is 1.88. The Bertz CT molecular complexity index is 395. The molecule has 1 amide bonds. The molecule has 17 heavy (non-hydrogen) atoms. The summed E-state index contributed by atoms with van der Waals surface area (Å²) < 4.78 is 10.2. The summed E-state index contributed by atoms with van der Waals surface area (Å²) in [5.74, 6) is -0.977. The number of rotatable bonds is 3. The van der Waals surface area contributed by atoms with Gasteiger partial charge in [0.25, 0.3) is 0 Å². The molecule has 6 nitrogen and oxygen atoms in total. The van der Waals surface area contributed by atoms with Gasteiger partial charge in [0.05, 0.1) is 25.3 Å². The predicted octanol–water partition coefficient (Wildman–Crippen LogP) is 0.405. The number of aliphatic carboxylic acids is 1. The summed E-state index contributed by atoms with van der Waals surface area (Å²) >= 11 is 0. The number of carboxylic acids is 1. The van der Waals surface area contributed by atoms with E-state index in [2.05, 4.69) is 6.58 Å². The van der Waals surface area contributed by atoms with Crippen molar-refractivity contribution >= 4 is 12.1 Å². The molecule has 2 heterocycles. The lowest BCUT2D eigenvalue weighted by Gasteiger charge is -2.44. The number of carbonyl (C=O) groups excluding carboxylic acids is 1. The summed E-state index contributed by atoms with van der Waals surface area (Å²) in [5.41, 5.74) is -0.384. The van der Waals surface area contributed by atoms with E-state index in [1.54, 1.807) is 6.08 Å². The lowest BCUT2D eigenvalue weighted by Crippen LogP contribution is -2.62. The van der Waals surface area contributed by atoms with Crippen LogP contribution in [0.15, 0.2) is 24.3 Å². The number of amides is 1. The summed E-state index contributed by atoms with van der Waals surface area (Å²) in [6.07, 6.45) is 2.63. The van der Waals surface area contributed by atoms with Crippen LogP contribution < -0.4 is 0 Å². The second kappa shape index (κ2) is 4.21. The third kappa shape index (κ3) is 2.16. The first-order chi connectivity index (χ1) is 8.06. The van der Waals surface area contributed by atoms with Gasteiger partial charge in [0.2, 0.25) is 0 Å². The van der Waals surface area contributed by atoms with Gasteiger partial charge in [-0.1, -0.05) is 12.7 Å². The predicted molar refractivity (Wildman–Crippen MR) is 57.5 cm³/mol. The smallest absolute Gasteiger partial charge is 0.410 e. The van der Waals surface area contributed by atoms with Crippen molar-refractivity contribution in [2.45, 2.75) is 5.60 Å². The second-order valence-electron chi connectivity index (χ2n) is 4.05. The van der Waals surface area contributed by atoms with Gasteiger partial charge in [-0.3, -0.25) is 0 Å². The molecule has 92 valence electrons. The van der Waals surface area contributed by atoms with E-state index in [4.69, 9.17) is 14.6 Å². The van der Waals surface area contributed by atoms with Crippen LogP contribution in [-0.4, -0.2) is 54.0 Å². The summed E-state index contributed by atoms with van der Waals surface area (Å²) in [5, 5.41) is 8.79. The molecule has 2 rings (SSSR count). The highest BCUT2D eigenvalue weighted by Crippen LogP contribution is 2.33. The summed E-state index contributed by atoms with van der Waals surface area (Å²) in [4.78, 5) is 23.6. The summed E-state index contributed by atoms with van der Waals surface area (Å²) in [6.45, 7) is 4.36. The van der Waals surface area contributed by atoms with Gasteiger partial charge in [-0.15, -0.1) is 0 Å². The van der Waals surface area contributed by atoms with E-state index in [1.807, 2.05) is 0 Å². The van der Waals surface area contributed by atoms with Crippen molar-refractivity contribution in [2.75, 3.05) is 26.3 Å². The van der Waals surface area contributed by atoms with Gasteiger partial charge in [-0.05, 0) is 6.08 Å². The highest BCUT2D eigenvalue weighted by molar-refractivity contribution is 5.88. The van der Waals surface area contributed by atoms with Crippen molar-refractivity contribution in [3.8, 4) is 0 Å². The zero-order valence-electron chi connectivity index (χ0n) is 9.22. The molecule has 1 fully saturated rings. The minimum absolute atomic E-state index is 0.0882. The van der Waals surface area contributed by atoms with Crippen LogP contribution in [0.3, 0.4) is 0 Å². The average Bonchev–Trinajstić information content (AvgIpc) is 2.68. The van der Waals surface area contributed by atoms with Crippen molar-refractivity contribution in [1.82, 2.24) is 4.90 Å². The molecule has 0 saturated carbocycles. The van der Waals surface area contributed by atoms with Gasteiger partial charge in [0.1, 0.15) is 12.2 Å². The number of likely N-dealkylation sites (tertiary alicyclic amines) is 1. The normalized spacial score (nSPS) is 20.7. The molecular weight excluding hydrogens is 226 g/mol. The lowest BCUT2D eigenvalue weighted by molar-refractivity contribution is -0.133. The molecule has 1 saturated heterocycles. The Morgan fingerprint density at radius 3 is 2.88 bits per heavy atom. The van der Waals surface area contributed by atoms with Crippen molar-refractivity contribution in [3.05, 3.63) is 24.3 Å². The lowest BCUT2D eigenvalue weighted by atomic mass is 9.94. The minimum Gasteiger partial charge on any atom is -0.478 e. The average molecular weight is 239 g/mol. The molecule has 2 aliphatic rings. The van der Waals surface area contributed by atoms with Crippen molar-refractivity contribution in [1.29, 1.82) is 0 Å². The second-order valence-corrected chi connectivity index (χ2v) is 4.05. The Morgan fingerprint density at radius 1 is 1.65 bits per heavy atom. The first-order valence-electron chi connectivity index (χ1n) is 5.18. The molecule has 0 atom stereocenters. The topological polar surface area (TPSA) is 76.1 Å². The first-order valence-corrected chi connectivity index (χ1v) is 5.18. The van der Waals surface area contributed by atoms with E-state index in [-0.39, 0.29) is 18.8 Å². The van der Waals surface area contributed by atoms with Crippen LogP contribution in [0.1, 0.15) is 0 Å². The van der Waals surface area contributed by atoms with Gasteiger partial charge in [-0.25, -0.2) is 9.59 Å². The third-order valence-corrected chi connectivity index (χ3v) is 2.73. The fourth-order valence-electron chi connectivity index (χ4n) is 1.88. The number of hydrogen-bond acceptors (Lipinski definition) is 4. The fourth-order valence-corrected chi connectivity index (χ4v) is 1.88. The molecule has 0 aromatic heterocycles. The highest BCUT2D eigenvalue weighted by Gasteiger charge is 2.49. The van der Waals surface area contributed by atoms with Crippen molar-refractivity contribution in [2.24, 2.45) is 0 Å². The highest BCUT2D eigenvalue weighted by atomic mass is 16.6. The van der Waals surface area contributed by atoms with Crippen LogP contribution in [0, 0.1) is 0 Å². The maximum absolute atomic E-state index is 11.4. The zero-order valence-corrected chi connectivity index (χ0v) is 9.22. The first kappa shape index (κ1) is 11.7. The molecule has 0 radical (unpaired) electrons. The van der Waals surface area contributed by atoms with Gasteiger partial charge >= 0.3 is 12.1 Å². The largest absolute Gasteiger partial charge is 0.478 e. The molecule has 0 bridgehead atoms. The number of carbonyl (C=O) groups is 2. The Kier molecular flexibility index (Phi) is 2.89. The van der Waals surface area contributed by atoms with Gasteiger partial charge < -0.3 is 19.5 Å². The van der Waals surface area contributed by atoms with E-state index in [9.17, 15) is 9.59 Å².